The fourth-order valence-electron chi connectivity index (χ4n) is 3.24. The van der Waals surface area contributed by atoms with E-state index < -0.39 is 24.0 Å². The molecule has 0 radical (unpaired) electrons. The molecule has 2 amide bonds. The number of nitrogens with one attached hydrogen (secondary N) is 2. The molecule has 0 bridgehead atoms. The Kier molecular flexibility index (Phi) is 5.12. The highest BCUT2D eigenvalue weighted by atomic mass is 19.1. The molecule has 1 aliphatic rings. The molecular formula is C19H18FN5O2. The van der Waals surface area contributed by atoms with Crippen molar-refractivity contribution in [1.82, 2.24) is 15.2 Å². The Labute approximate surface area is 155 Å². The van der Waals surface area contributed by atoms with Crippen LogP contribution < -0.4 is 5.32 Å². The van der Waals surface area contributed by atoms with Crippen LogP contribution in [0.3, 0.4) is 0 Å². The van der Waals surface area contributed by atoms with Crippen molar-refractivity contribution >= 4 is 28.4 Å². The molecule has 0 spiro atoms. The average Bonchev–Trinajstić information content (AvgIpc) is 3.07. The highest BCUT2D eigenvalue weighted by molar-refractivity contribution is 6.07. The van der Waals surface area contributed by atoms with Gasteiger partial charge in [-0.1, -0.05) is 6.07 Å². The van der Waals surface area contributed by atoms with E-state index in [-0.39, 0.29) is 25.2 Å². The third-order valence-electron chi connectivity index (χ3n) is 4.59. The van der Waals surface area contributed by atoms with Crippen molar-refractivity contribution in [2.24, 2.45) is 0 Å². The van der Waals surface area contributed by atoms with E-state index in [9.17, 15) is 14.0 Å². The molecule has 1 aromatic heterocycles. The van der Waals surface area contributed by atoms with Crippen LogP contribution >= 0.6 is 0 Å². The number of carbonyl (C=O) groups is 2. The Morgan fingerprint density at radius 3 is 2.93 bits per heavy atom. The second-order valence-corrected chi connectivity index (χ2v) is 6.46. The van der Waals surface area contributed by atoms with Gasteiger partial charge in [0.25, 0.3) is 5.91 Å². The van der Waals surface area contributed by atoms with Crippen molar-refractivity contribution in [3.8, 4) is 6.07 Å². The molecule has 27 heavy (non-hydrogen) atoms. The molecule has 0 aliphatic carbocycles. The van der Waals surface area contributed by atoms with Gasteiger partial charge in [-0.3, -0.25) is 14.6 Å². The lowest BCUT2D eigenvalue weighted by Crippen LogP contribution is -2.45. The number of rotatable bonds is 4. The van der Waals surface area contributed by atoms with Gasteiger partial charge in [0, 0.05) is 23.7 Å². The van der Waals surface area contributed by atoms with Crippen LogP contribution in [-0.4, -0.2) is 52.7 Å². The van der Waals surface area contributed by atoms with Gasteiger partial charge in [-0.15, -0.1) is 0 Å². The number of hydrogen-bond donors (Lipinski definition) is 2. The third kappa shape index (κ3) is 3.77. The highest BCUT2D eigenvalue weighted by Gasteiger charge is 2.36. The Morgan fingerprint density at radius 1 is 1.44 bits per heavy atom. The molecular weight excluding hydrogens is 349 g/mol. The van der Waals surface area contributed by atoms with Crippen LogP contribution in [0.1, 0.15) is 29.3 Å². The van der Waals surface area contributed by atoms with Crippen LogP contribution in [0.4, 0.5) is 4.39 Å². The molecule has 138 valence electrons. The van der Waals surface area contributed by atoms with Gasteiger partial charge in [0.1, 0.15) is 6.17 Å². The summed E-state index contributed by atoms with van der Waals surface area (Å²) in [5.74, 6) is -0.884. The van der Waals surface area contributed by atoms with E-state index >= 15 is 0 Å². The first-order valence-electron chi connectivity index (χ1n) is 8.46. The summed E-state index contributed by atoms with van der Waals surface area (Å²) in [5.41, 5.74) is 1.50. The van der Waals surface area contributed by atoms with Gasteiger partial charge >= 0.3 is 0 Å². The first kappa shape index (κ1) is 18.5. The van der Waals surface area contributed by atoms with Gasteiger partial charge < -0.3 is 15.6 Å². The number of halogens is 1. The average molecular weight is 367 g/mol. The quantitative estimate of drug-likeness (QED) is 0.803. The zero-order valence-corrected chi connectivity index (χ0v) is 14.7. The molecule has 2 N–H and O–H groups in total. The molecule has 2 heterocycles. The van der Waals surface area contributed by atoms with Gasteiger partial charge in [0.15, 0.2) is 0 Å². The summed E-state index contributed by atoms with van der Waals surface area (Å²) in [6.45, 7) is 1.19. The van der Waals surface area contributed by atoms with Crippen LogP contribution in [0.2, 0.25) is 0 Å². The lowest BCUT2D eigenvalue weighted by Gasteiger charge is -2.23. The number of fused-ring (bicyclic) bond motifs is 1. The summed E-state index contributed by atoms with van der Waals surface area (Å²) >= 11 is 0. The maximum absolute atomic E-state index is 13.6. The number of pyridine rings is 1. The van der Waals surface area contributed by atoms with Gasteiger partial charge in [0.2, 0.25) is 5.91 Å². The maximum atomic E-state index is 13.6. The predicted octanol–water partition coefficient (Wildman–Crippen LogP) is 1.81. The number of nitriles is 1. The number of nitrogens with zero attached hydrogens (tertiary/aromatic N) is 3. The topological polar surface area (TPSA) is 110 Å². The number of benzene rings is 1. The minimum Gasteiger partial charge on any atom is -0.343 e. The van der Waals surface area contributed by atoms with Gasteiger partial charge in [0.05, 0.1) is 41.8 Å². The molecule has 1 aliphatic heterocycles. The van der Waals surface area contributed by atoms with Crippen molar-refractivity contribution in [3.05, 3.63) is 41.6 Å². The minimum atomic E-state index is -1.16. The largest absolute Gasteiger partial charge is 0.343 e. The van der Waals surface area contributed by atoms with E-state index in [0.717, 1.165) is 0 Å². The molecule has 7 nitrogen and oxygen atoms in total. The molecule has 1 fully saturated rings. The van der Waals surface area contributed by atoms with E-state index in [1.807, 2.05) is 6.07 Å². The molecule has 1 aromatic carbocycles. The van der Waals surface area contributed by atoms with Gasteiger partial charge in [-0.05, 0) is 25.1 Å². The zero-order valence-electron chi connectivity index (χ0n) is 14.7. The van der Waals surface area contributed by atoms with E-state index in [1.54, 1.807) is 25.1 Å². The van der Waals surface area contributed by atoms with E-state index in [2.05, 4.69) is 10.3 Å². The first-order valence-corrected chi connectivity index (χ1v) is 8.46. The normalized spacial score (nSPS) is 18.9. The SMILES string of the molecule is CC(=N)[C@@H]1CC(F)CN1C(=O)CNC(=O)c1ccnc2cc(C#N)ccc12. The summed E-state index contributed by atoms with van der Waals surface area (Å²) in [6, 6.07) is 7.81. The van der Waals surface area contributed by atoms with Crippen molar-refractivity contribution in [2.45, 2.75) is 25.6 Å². The Hall–Kier alpha value is -3.34. The summed E-state index contributed by atoms with van der Waals surface area (Å²) in [4.78, 5) is 30.4. The summed E-state index contributed by atoms with van der Waals surface area (Å²) in [5, 5.41) is 19.8. The molecule has 1 unspecified atom stereocenters. The smallest absolute Gasteiger partial charge is 0.252 e. The molecule has 1 saturated heterocycles. The number of hydrogen-bond acceptors (Lipinski definition) is 5. The van der Waals surface area contributed by atoms with E-state index in [0.29, 0.717) is 22.0 Å². The predicted molar refractivity (Wildman–Crippen MR) is 97.2 cm³/mol. The van der Waals surface area contributed by atoms with Gasteiger partial charge in [-0.25, -0.2) is 4.39 Å². The number of aromatic nitrogens is 1. The van der Waals surface area contributed by atoms with Crippen molar-refractivity contribution in [1.29, 1.82) is 10.7 Å². The fourth-order valence-corrected chi connectivity index (χ4v) is 3.24. The lowest BCUT2D eigenvalue weighted by molar-refractivity contribution is -0.130. The Balaban J connectivity index is 1.73. The Morgan fingerprint density at radius 2 is 2.22 bits per heavy atom. The number of likely N-dealkylation sites (tertiary alicyclic amines) is 1. The fraction of sp³-hybridized carbons (Fsp3) is 0.316. The second kappa shape index (κ2) is 7.50. The summed E-state index contributed by atoms with van der Waals surface area (Å²) in [7, 11) is 0. The third-order valence-corrected chi connectivity index (χ3v) is 4.59. The highest BCUT2D eigenvalue weighted by Crippen LogP contribution is 2.21. The monoisotopic (exact) mass is 367 g/mol. The van der Waals surface area contributed by atoms with Crippen molar-refractivity contribution in [3.63, 3.8) is 0 Å². The van der Waals surface area contributed by atoms with Crippen molar-refractivity contribution in [2.75, 3.05) is 13.1 Å². The van der Waals surface area contributed by atoms with E-state index in [4.69, 9.17) is 10.7 Å². The summed E-state index contributed by atoms with van der Waals surface area (Å²) < 4.78 is 13.6. The molecule has 2 aromatic rings. The number of alkyl halides is 1. The lowest BCUT2D eigenvalue weighted by atomic mass is 10.1. The number of amides is 2. The van der Waals surface area contributed by atoms with Crippen LogP contribution in [-0.2, 0) is 4.79 Å². The zero-order chi connectivity index (χ0) is 19.6. The van der Waals surface area contributed by atoms with Crippen LogP contribution in [0, 0.1) is 16.7 Å². The molecule has 2 atom stereocenters. The second-order valence-electron chi connectivity index (χ2n) is 6.46. The molecule has 3 rings (SSSR count). The standard InChI is InChI=1S/C19H18FN5O2/c1-11(22)17-7-13(20)10-25(17)18(26)9-24-19(27)15-4-5-23-16-6-12(8-21)2-3-14(15)16/h2-6,13,17,22H,7,9-10H2,1H3,(H,24,27)/t13?,17-/m0/s1. The van der Waals surface area contributed by atoms with Crippen LogP contribution in [0.5, 0.6) is 0 Å². The van der Waals surface area contributed by atoms with Crippen LogP contribution in [0.15, 0.2) is 30.5 Å². The molecule has 0 saturated carbocycles. The Bertz CT molecular complexity index is 968. The van der Waals surface area contributed by atoms with E-state index in [1.165, 1.54) is 17.2 Å². The number of carbonyl (C=O) groups excluding carboxylic acids is 2. The molecule has 8 heteroatoms. The maximum Gasteiger partial charge on any atom is 0.252 e. The summed E-state index contributed by atoms with van der Waals surface area (Å²) in [6.07, 6.45) is 0.419. The van der Waals surface area contributed by atoms with Crippen LogP contribution in [0.25, 0.3) is 10.9 Å². The van der Waals surface area contributed by atoms with Gasteiger partial charge in [-0.2, -0.15) is 5.26 Å². The minimum absolute atomic E-state index is 0.0648. The first-order chi connectivity index (χ1) is 12.9. The van der Waals surface area contributed by atoms with Crippen molar-refractivity contribution < 1.29 is 14.0 Å².